The Balaban J connectivity index is 1.90. The van der Waals surface area contributed by atoms with Crippen molar-refractivity contribution in [2.45, 2.75) is 52.1 Å². The molecule has 1 N–H and O–H groups in total. The Labute approximate surface area is 170 Å². The van der Waals surface area contributed by atoms with Crippen LogP contribution in [0.1, 0.15) is 41.0 Å². The lowest BCUT2D eigenvalue weighted by molar-refractivity contribution is -0.137. The molecule has 1 heterocycles. The van der Waals surface area contributed by atoms with Crippen molar-refractivity contribution in [1.29, 1.82) is 0 Å². The Morgan fingerprint density at radius 3 is 1.86 bits per heavy atom. The van der Waals surface area contributed by atoms with E-state index in [4.69, 9.17) is 4.43 Å². The van der Waals surface area contributed by atoms with Gasteiger partial charge in [-0.3, -0.25) is 4.79 Å². The quantitative estimate of drug-likeness (QED) is 0.573. The Kier molecular flexibility index (Phi) is 6.11. The van der Waals surface area contributed by atoms with Crippen molar-refractivity contribution in [1.82, 2.24) is 5.32 Å². The standard InChI is InChI=1S/C24H33NO2Si/c1-18(2)22-21(25-23(22)26)16-17-27-28(24(3,4)5,19-12-8-6-9-13-19)20-14-10-7-11-15-20/h6-15,18,21-22H,16-17H2,1-5H3,(H,25,26)/t21-,22+/m1/s1. The van der Waals surface area contributed by atoms with Crippen molar-refractivity contribution in [3.63, 3.8) is 0 Å². The smallest absolute Gasteiger partial charge is 0.261 e. The normalized spacial score (nSPS) is 20.0. The minimum absolute atomic E-state index is 0.0178. The average molecular weight is 396 g/mol. The molecule has 0 radical (unpaired) electrons. The Bertz CT molecular complexity index is 744. The van der Waals surface area contributed by atoms with E-state index in [0.29, 0.717) is 12.5 Å². The van der Waals surface area contributed by atoms with Crippen molar-refractivity contribution in [2.24, 2.45) is 11.8 Å². The average Bonchev–Trinajstić information content (AvgIpc) is 2.64. The Morgan fingerprint density at radius 2 is 1.46 bits per heavy atom. The molecule has 4 heteroatoms. The number of hydrogen-bond donors (Lipinski definition) is 1. The predicted octanol–water partition coefficient (Wildman–Crippen LogP) is 3.72. The summed E-state index contributed by atoms with van der Waals surface area (Å²) in [6, 6.07) is 21.6. The van der Waals surface area contributed by atoms with Gasteiger partial charge in [-0.05, 0) is 27.8 Å². The van der Waals surface area contributed by atoms with E-state index in [1.807, 2.05) is 0 Å². The molecule has 1 aliphatic rings. The summed E-state index contributed by atoms with van der Waals surface area (Å²) < 4.78 is 6.92. The highest BCUT2D eigenvalue weighted by atomic mass is 28.4. The lowest BCUT2D eigenvalue weighted by Crippen LogP contribution is -2.67. The lowest BCUT2D eigenvalue weighted by atomic mass is 9.80. The summed E-state index contributed by atoms with van der Waals surface area (Å²) in [5.41, 5.74) is 0. The summed E-state index contributed by atoms with van der Waals surface area (Å²) in [4.78, 5) is 11.9. The zero-order valence-electron chi connectivity index (χ0n) is 17.7. The van der Waals surface area contributed by atoms with Crippen LogP contribution >= 0.6 is 0 Å². The second-order valence-corrected chi connectivity index (χ2v) is 13.5. The van der Waals surface area contributed by atoms with E-state index < -0.39 is 8.32 Å². The molecule has 0 aromatic heterocycles. The van der Waals surface area contributed by atoms with Crippen LogP contribution in [0.25, 0.3) is 0 Å². The van der Waals surface area contributed by atoms with Crippen molar-refractivity contribution in [3.05, 3.63) is 60.7 Å². The van der Waals surface area contributed by atoms with E-state index >= 15 is 0 Å². The molecular weight excluding hydrogens is 362 g/mol. The molecule has 1 amide bonds. The summed E-state index contributed by atoms with van der Waals surface area (Å²) in [7, 11) is -2.48. The molecule has 3 nitrogen and oxygen atoms in total. The number of rotatable bonds is 7. The van der Waals surface area contributed by atoms with Crippen molar-refractivity contribution in [3.8, 4) is 0 Å². The van der Waals surface area contributed by atoms with Crippen LogP contribution in [0.15, 0.2) is 60.7 Å². The molecule has 2 atom stereocenters. The van der Waals surface area contributed by atoms with Gasteiger partial charge in [0.05, 0.1) is 5.92 Å². The molecule has 1 fully saturated rings. The molecule has 0 bridgehead atoms. The number of β-lactam (4-membered cyclic amide) rings is 1. The summed E-state index contributed by atoms with van der Waals surface area (Å²) in [6.07, 6.45) is 0.860. The number of benzene rings is 2. The maximum Gasteiger partial charge on any atom is 0.261 e. The van der Waals surface area contributed by atoms with Crippen LogP contribution in [0.4, 0.5) is 0 Å². The van der Waals surface area contributed by atoms with Crippen LogP contribution in [0.2, 0.25) is 5.04 Å². The molecular formula is C24H33NO2Si. The van der Waals surface area contributed by atoms with Crippen LogP contribution < -0.4 is 15.7 Å². The number of carbonyl (C=O) groups is 1. The van der Waals surface area contributed by atoms with Gasteiger partial charge in [-0.15, -0.1) is 0 Å². The maximum atomic E-state index is 11.9. The first-order valence-corrected chi connectivity index (χ1v) is 12.2. The first kappa shape index (κ1) is 20.8. The van der Waals surface area contributed by atoms with Crippen LogP contribution in [0, 0.1) is 11.8 Å². The molecule has 28 heavy (non-hydrogen) atoms. The highest BCUT2D eigenvalue weighted by Crippen LogP contribution is 2.37. The third-order valence-corrected chi connectivity index (χ3v) is 11.0. The fourth-order valence-corrected chi connectivity index (χ4v) is 9.15. The topological polar surface area (TPSA) is 38.3 Å². The second-order valence-electron chi connectivity index (χ2n) is 9.19. The zero-order valence-corrected chi connectivity index (χ0v) is 18.7. The molecule has 2 aromatic carbocycles. The lowest BCUT2D eigenvalue weighted by Gasteiger charge is -2.44. The highest BCUT2D eigenvalue weighted by molar-refractivity contribution is 6.99. The summed E-state index contributed by atoms with van der Waals surface area (Å²) >= 11 is 0. The van der Waals surface area contributed by atoms with Crippen molar-refractivity contribution >= 4 is 24.6 Å². The molecule has 2 aromatic rings. The molecule has 150 valence electrons. The molecule has 1 saturated heterocycles. The monoisotopic (exact) mass is 395 g/mol. The second kappa shape index (κ2) is 8.22. The number of nitrogens with one attached hydrogen (secondary N) is 1. The molecule has 1 aliphatic heterocycles. The van der Waals surface area contributed by atoms with Gasteiger partial charge in [-0.1, -0.05) is 95.3 Å². The third-order valence-electron chi connectivity index (χ3n) is 5.95. The fraction of sp³-hybridized carbons (Fsp3) is 0.458. The van der Waals surface area contributed by atoms with E-state index in [1.165, 1.54) is 10.4 Å². The molecule has 0 spiro atoms. The number of carbonyl (C=O) groups excluding carboxylic acids is 1. The minimum Gasteiger partial charge on any atom is -0.407 e. The van der Waals surface area contributed by atoms with Gasteiger partial charge >= 0.3 is 0 Å². The maximum absolute atomic E-state index is 11.9. The molecule has 3 rings (SSSR count). The van der Waals surface area contributed by atoms with Crippen molar-refractivity contribution < 1.29 is 9.22 Å². The van der Waals surface area contributed by atoms with Gasteiger partial charge in [0.25, 0.3) is 8.32 Å². The number of hydrogen-bond acceptors (Lipinski definition) is 2. The van der Waals surface area contributed by atoms with Crippen LogP contribution in [0.3, 0.4) is 0 Å². The largest absolute Gasteiger partial charge is 0.407 e. The molecule has 0 unspecified atom stereocenters. The van der Waals surface area contributed by atoms with Gasteiger partial charge in [-0.25, -0.2) is 0 Å². The highest BCUT2D eigenvalue weighted by Gasteiger charge is 2.50. The van der Waals surface area contributed by atoms with Gasteiger partial charge in [0, 0.05) is 12.6 Å². The summed E-state index contributed by atoms with van der Waals surface area (Å²) in [5.74, 6) is 0.666. The summed E-state index contributed by atoms with van der Waals surface area (Å²) in [5, 5.41) is 5.65. The van der Waals surface area contributed by atoms with Gasteiger partial charge < -0.3 is 9.74 Å². The Morgan fingerprint density at radius 1 is 0.964 bits per heavy atom. The van der Waals surface area contributed by atoms with Gasteiger partial charge in [0.2, 0.25) is 5.91 Å². The van der Waals surface area contributed by atoms with Gasteiger partial charge in [0.1, 0.15) is 0 Å². The number of amides is 1. The van der Waals surface area contributed by atoms with Crippen LogP contribution in [-0.4, -0.2) is 26.9 Å². The van der Waals surface area contributed by atoms with Gasteiger partial charge in [-0.2, -0.15) is 0 Å². The van der Waals surface area contributed by atoms with E-state index in [9.17, 15) is 4.79 Å². The minimum atomic E-state index is -2.48. The SMILES string of the molecule is CC(C)[C@@H]1C(=O)N[C@@H]1CCO[Si](c1ccccc1)(c1ccccc1)C(C)(C)C. The van der Waals surface area contributed by atoms with Crippen LogP contribution in [0.5, 0.6) is 0 Å². The molecule has 0 saturated carbocycles. The third kappa shape index (κ3) is 3.81. The first-order chi connectivity index (χ1) is 13.3. The van der Waals surface area contributed by atoms with E-state index in [1.54, 1.807) is 0 Å². The zero-order chi connectivity index (χ0) is 20.4. The van der Waals surface area contributed by atoms with E-state index in [2.05, 4.69) is 101 Å². The van der Waals surface area contributed by atoms with Gasteiger partial charge in [0.15, 0.2) is 0 Å². The first-order valence-electron chi connectivity index (χ1n) is 10.3. The van der Waals surface area contributed by atoms with E-state index in [0.717, 1.165) is 6.42 Å². The van der Waals surface area contributed by atoms with Crippen LogP contribution in [-0.2, 0) is 9.22 Å². The van der Waals surface area contributed by atoms with Crippen molar-refractivity contribution in [2.75, 3.05) is 6.61 Å². The predicted molar refractivity (Wildman–Crippen MR) is 118 cm³/mol. The molecule has 0 aliphatic carbocycles. The summed E-state index contributed by atoms with van der Waals surface area (Å²) in [6.45, 7) is 11.8. The Hall–Kier alpha value is -1.91. The fourth-order valence-electron chi connectivity index (χ4n) is 4.57. The van der Waals surface area contributed by atoms with E-state index in [-0.39, 0.29) is 22.9 Å².